The van der Waals surface area contributed by atoms with E-state index in [2.05, 4.69) is 39.0 Å². The molecule has 1 fully saturated rings. The molecule has 3 heterocycles. The average Bonchev–Trinajstić information content (AvgIpc) is 3.12. The predicted octanol–water partition coefficient (Wildman–Crippen LogP) is 1.91. The summed E-state index contributed by atoms with van der Waals surface area (Å²) in [6, 6.07) is 12.3. The lowest BCUT2D eigenvalue weighted by Gasteiger charge is -2.30. The molecule has 0 bridgehead atoms. The Morgan fingerprint density at radius 2 is 2.00 bits per heavy atom. The number of nitrogens with two attached hydrogens (primary N) is 1. The van der Waals surface area contributed by atoms with Crippen LogP contribution in [0.25, 0.3) is 11.3 Å². The molecular formula is C25H29N7O2. The summed E-state index contributed by atoms with van der Waals surface area (Å²) >= 11 is 0. The molecule has 2 aliphatic heterocycles. The molecule has 0 atom stereocenters. The molecule has 9 heteroatoms. The summed E-state index contributed by atoms with van der Waals surface area (Å²) < 4.78 is 1.84. The molecule has 2 aromatic carbocycles. The second-order valence-corrected chi connectivity index (χ2v) is 8.75. The van der Waals surface area contributed by atoms with Gasteiger partial charge in [0.25, 0.3) is 5.91 Å². The van der Waals surface area contributed by atoms with Crippen molar-refractivity contribution < 1.29 is 9.59 Å². The zero-order valence-electron chi connectivity index (χ0n) is 19.2. The van der Waals surface area contributed by atoms with Crippen molar-refractivity contribution in [3.63, 3.8) is 0 Å². The number of hydrogen-bond donors (Lipinski definition) is 4. The standard InChI is InChI=1S/C25H29N7O2/c1-16-12-18(2-3-19(16)14-28-15-33)23-22(24(26)34)25-29-21-5-4-20(31-10-7-27-8-11-31)13-17(21)6-9-32(25)30-23/h2-5,12-13,15,27,29H,6-11,14H2,1H3,(H2,26,34)(H,28,33). The molecular weight excluding hydrogens is 430 g/mol. The maximum Gasteiger partial charge on any atom is 0.254 e. The Morgan fingerprint density at radius 3 is 2.74 bits per heavy atom. The molecule has 1 aromatic heterocycles. The Morgan fingerprint density at radius 1 is 1.18 bits per heavy atom. The fraction of sp³-hybridized carbons (Fsp3) is 0.320. The Hall–Kier alpha value is -3.85. The van der Waals surface area contributed by atoms with Gasteiger partial charge in [-0.15, -0.1) is 0 Å². The van der Waals surface area contributed by atoms with Crippen molar-refractivity contribution in [1.82, 2.24) is 20.4 Å². The van der Waals surface area contributed by atoms with E-state index in [1.807, 2.05) is 29.8 Å². The lowest BCUT2D eigenvalue weighted by Crippen LogP contribution is -2.43. The van der Waals surface area contributed by atoms with Crippen LogP contribution in [0, 0.1) is 6.92 Å². The molecule has 0 saturated carbocycles. The monoisotopic (exact) mass is 459 g/mol. The highest BCUT2D eigenvalue weighted by Crippen LogP contribution is 2.36. The van der Waals surface area contributed by atoms with Crippen molar-refractivity contribution in [2.75, 3.05) is 36.4 Å². The molecule has 176 valence electrons. The fourth-order valence-corrected chi connectivity index (χ4v) is 4.76. The topological polar surface area (TPSA) is 117 Å². The predicted molar refractivity (Wildman–Crippen MR) is 132 cm³/mol. The molecule has 0 spiro atoms. The Kier molecular flexibility index (Phi) is 5.93. The van der Waals surface area contributed by atoms with Gasteiger partial charge >= 0.3 is 0 Å². The van der Waals surface area contributed by atoms with Gasteiger partial charge < -0.3 is 26.6 Å². The average molecular weight is 460 g/mol. The molecule has 34 heavy (non-hydrogen) atoms. The van der Waals surface area contributed by atoms with Gasteiger partial charge in [0.1, 0.15) is 17.1 Å². The second-order valence-electron chi connectivity index (χ2n) is 8.75. The number of carbonyl (C=O) groups excluding carboxylic acids is 2. The number of rotatable bonds is 6. The molecule has 0 unspecified atom stereocenters. The van der Waals surface area contributed by atoms with E-state index < -0.39 is 5.91 Å². The van der Waals surface area contributed by atoms with Gasteiger partial charge in [-0.05, 0) is 54.3 Å². The highest BCUT2D eigenvalue weighted by Gasteiger charge is 2.26. The minimum absolute atomic E-state index is 0.386. The van der Waals surface area contributed by atoms with E-state index in [-0.39, 0.29) is 0 Å². The maximum absolute atomic E-state index is 12.6. The fourth-order valence-electron chi connectivity index (χ4n) is 4.76. The largest absolute Gasteiger partial charge is 0.369 e. The van der Waals surface area contributed by atoms with Crippen molar-refractivity contribution in [2.24, 2.45) is 5.73 Å². The van der Waals surface area contributed by atoms with Gasteiger partial charge in [0.2, 0.25) is 6.41 Å². The molecule has 2 aliphatic rings. The number of piperazine rings is 1. The number of benzene rings is 2. The van der Waals surface area contributed by atoms with Gasteiger partial charge in [0.15, 0.2) is 0 Å². The summed E-state index contributed by atoms with van der Waals surface area (Å²) in [5, 5.41) is 14.3. The number of anilines is 3. The first-order valence-electron chi connectivity index (χ1n) is 11.6. The quantitative estimate of drug-likeness (QED) is 0.419. The highest BCUT2D eigenvalue weighted by atomic mass is 16.1. The van der Waals surface area contributed by atoms with Gasteiger partial charge in [-0.3, -0.25) is 9.59 Å². The number of primary amides is 1. The van der Waals surface area contributed by atoms with Gasteiger partial charge in [0, 0.05) is 56.2 Å². The third-order valence-electron chi connectivity index (χ3n) is 6.61. The minimum Gasteiger partial charge on any atom is -0.369 e. The summed E-state index contributed by atoms with van der Waals surface area (Å²) in [5.41, 5.74) is 13.0. The summed E-state index contributed by atoms with van der Waals surface area (Å²) in [6.45, 7) is 7.03. The van der Waals surface area contributed by atoms with E-state index >= 15 is 0 Å². The van der Waals surface area contributed by atoms with Gasteiger partial charge in [-0.1, -0.05) is 12.1 Å². The molecule has 5 rings (SSSR count). The third kappa shape index (κ3) is 4.10. The number of fused-ring (bicyclic) bond motifs is 2. The summed E-state index contributed by atoms with van der Waals surface area (Å²) in [7, 11) is 0. The van der Waals surface area contributed by atoms with E-state index in [0.717, 1.165) is 55.0 Å². The zero-order chi connectivity index (χ0) is 23.7. The Bertz CT molecular complexity index is 1240. The van der Waals surface area contributed by atoms with Crippen LogP contribution in [0.5, 0.6) is 0 Å². The van der Waals surface area contributed by atoms with Crippen LogP contribution in [-0.4, -0.2) is 48.3 Å². The van der Waals surface area contributed by atoms with E-state index in [9.17, 15) is 9.59 Å². The van der Waals surface area contributed by atoms with Crippen molar-refractivity contribution in [2.45, 2.75) is 26.4 Å². The summed E-state index contributed by atoms with van der Waals surface area (Å²) in [4.78, 5) is 25.6. The molecule has 3 aromatic rings. The zero-order valence-corrected chi connectivity index (χ0v) is 19.2. The number of carbonyl (C=O) groups is 2. The number of nitrogens with one attached hydrogen (secondary N) is 3. The summed E-state index contributed by atoms with van der Waals surface area (Å²) in [6.07, 6.45) is 1.48. The first-order chi connectivity index (χ1) is 16.5. The smallest absolute Gasteiger partial charge is 0.254 e. The SMILES string of the molecule is Cc1cc(-c2nn3c(c2C(N)=O)Nc2ccc(N4CCNCC4)cc2CC3)ccc1CNC=O. The van der Waals surface area contributed by atoms with Crippen LogP contribution in [0.15, 0.2) is 36.4 Å². The van der Waals surface area contributed by atoms with Crippen LogP contribution in [0.4, 0.5) is 17.2 Å². The van der Waals surface area contributed by atoms with Crippen LogP contribution >= 0.6 is 0 Å². The molecule has 0 radical (unpaired) electrons. The van der Waals surface area contributed by atoms with Crippen LogP contribution < -0.4 is 26.6 Å². The lowest BCUT2D eigenvalue weighted by molar-refractivity contribution is -0.109. The number of hydrogen-bond acceptors (Lipinski definition) is 6. The van der Waals surface area contributed by atoms with E-state index in [1.54, 1.807) is 0 Å². The van der Waals surface area contributed by atoms with E-state index in [4.69, 9.17) is 10.8 Å². The maximum atomic E-state index is 12.6. The summed E-state index contributed by atoms with van der Waals surface area (Å²) in [5.74, 6) is 0.106. The van der Waals surface area contributed by atoms with Crippen molar-refractivity contribution >= 4 is 29.5 Å². The molecule has 9 nitrogen and oxygen atoms in total. The lowest BCUT2D eigenvalue weighted by atomic mass is 10.0. The van der Waals surface area contributed by atoms with Crippen LogP contribution in [0.1, 0.15) is 27.0 Å². The van der Waals surface area contributed by atoms with Gasteiger partial charge in [0.05, 0.1) is 0 Å². The second kappa shape index (κ2) is 9.18. The number of aromatic nitrogens is 2. The van der Waals surface area contributed by atoms with Crippen molar-refractivity contribution in [3.8, 4) is 11.3 Å². The molecule has 0 aliphatic carbocycles. The number of amides is 2. The van der Waals surface area contributed by atoms with Crippen LogP contribution in [0.2, 0.25) is 0 Å². The van der Waals surface area contributed by atoms with Crippen LogP contribution in [-0.2, 0) is 24.3 Å². The van der Waals surface area contributed by atoms with Crippen LogP contribution in [0.3, 0.4) is 0 Å². The Labute approximate surface area is 198 Å². The molecule has 1 saturated heterocycles. The minimum atomic E-state index is -0.519. The molecule has 2 amide bonds. The third-order valence-corrected chi connectivity index (χ3v) is 6.61. The van der Waals surface area contributed by atoms with E-state index in [0.29, 0.717) is 36.6 Å². The van der Waals surface area contributed by atoms with Gasteiger partial charge in [-0.2, -0.15) is 5.10 Å². The number of nitrogens with zero attached hydrogens (tertiary/aromatic N) is 3. The number of aryl methyl sites for hydroxylation is 3. The normalized spacial score (nSPS) is 15.0. The van der Waals surface area contributed by atoms with Crippen molar-refractivity contribution in [3.05, 3.63) is 58.7 Å². The Balaban J connectivity index is 1.49. The highest BCUT2D eigenvalue weighted by molar-refractivity contribution is 6.04. The first-order valence-corrected chi connectivity index (χ1v) is 11.6. The van der Waals surface area contributed by atoms with Crippen molar-refractivity contribution in [1.29, 1.82) is 0 Å². The molecule has 5 N–H and O–H groups in total. The van der Waals surface area contributed by atoms with E-state index in [1.165, 1.54) is 11.3 Å². The van der Waals surface area contributed by atoms with Gasteiger partial charge in [-0.25, -0.2) is 4.68 Å². The first kappa shape index (κ1) is 22.0.